The number of rotatable bonds is 3. The Balaban J connectivity index is 1.74. The van der Waals surface area contributed by atoms with Gasteiger partial charge in [0.05, 0.1) is 4.88 Å². The van der Waals surface area contributed by atoms with Gasteiger partial charge in [-0.3, -0.25) is 4.79 Å². The molecule has 3 rings (SSSR count). The van der Waals surface area contributed by atoms with E-state index in [1.165, 1.54) is 30.6 Å². The zero-order chi connectivity index (χ0) is 13.5. The second kappa shape index (κ2) is 4.53. The number of amides is 1. The first kappa shape index (κ1) is 12.5. The molecule has 1 amide bonds. The number of anilines is 1. The van der Waals surface area contributed by atoms with Crippen molar-refractivity contribution >= 4 is 33.0 Å². The third-order valence-corrected chi connectivity index (χ3v) is 5.12. The highest BCUT2D eigenvalue weighted by Gasteiger charge is 2.32. The van der Waals surface area contributed by atoms with Gasteiger partial charge in [-0.1, -0.05) is 13.3 Å². The fraction of sp³-hybridized carbons (Fsp3) is 0.400. The summed E-state index contributed by atoms with van der Waals surface area (Å²) in [4.78, 5) is 12.9. The molecule has 0 spiro atoms. The quantitative estimate of drug-likeness (QED) is 0.843. The normalized spacial score (nSPS) is 17.1. The lowest BCUT2D eigenvalue weighted by Gasteiger charge is -2.38. The highest BCUT2D eigenvalue weighted by Crippen LogP contribution is 2.39. The van der Waals surface area contributed by atoms with Gasteiger partial charge in [-0.15, -0.1) is 11.3 Å². The van der Waals surface area contributed by atoms with Crippen molar-refractivity contribution in [1.82, 2.24) is 5.32 Å². The number of benzene rings is 1. The Morgan fingerprint density at radius 2 is 2.21 bits per heavy atom. The molecule has 0 bridgehead atoms. The van der Waals surface area contributed by atoms with Crippen LogP contribution in [0.5, 0.6) is 0 Å². The van der Waals surface area contributed by atoms with Gasteiger partial charge < -0.3 is 11.1 Å². The molecule has 1 aliphatic carbocycles. The van der Waals surface area contributed by atoms with Gasteiger partial charge in [-0.05, 0) is 47.9 Å². The molecule has 0 radical (unpaired) electrons. The highest BCUT2D eigenvalue weighted by atomic mass is 32.1. The first-order valence-electron chi connectivity index (χ1n) is 6.63. The van der Waals surface area contributed by atoms with Crippen molar-refractivity contribution in [1.29, 1.82) is 0 Å². The molecule has 1 aromatic carbocycles. The number of carbonyl (C=O) groups is 1. The average molecular weight is 274 g/mol. The molecule has 1 aromatic heterocycles. The Morgan fingerprint density at radius 3 is 2.89 bits per heavy atom. The van der Waals surface area contributed by atoms with E-state index in [1.54, 1.807) is 0 Å². The molecule has 0 aliphatic heterocycles. The number of nitrogen functional groups attached to an aromatic ring is 1. The van der Waals surface area contributed by atoms with Crippen LogP contribution in [0, 0.1) is 5.41 Å². The van der Waals surface area contributed by atoms with Gasteiger partial charge in [0.2, 0.25) is 0 Å². The molecule has 4 heteroatoms. The summed E-state index contributed by atoms with van der Waals surface area (Å²) in [5.74, 6) is 0.0351. The lowest BCUT2D eigenvalue weighted by atomic mass is 9.70. The Labute approximate surface area is 116 Å². The molecule has 1 saturated carbocycles. The maximum atomic E-state index is 12.2. The molecule has 2 aromatic rings. The lowest BCUT2D eigenvalue weighted by molar-refractivity contribution is 0.0895. The first-order chi connectivity index (χ1) is 9.06. The SMILES string of the molecule is CC1(CNC(=O)c2cc3cc(N)ccc3s2)CCC1. The Kier molecular flexibility index (Phi) is 2.97. The number of thiophene rings is 1. The lowest BCUT2D eigenvalue weighted by Crippen LogP contribution is -2.39. The first-order valence-corrected chi connectivity index (χ1v) is 7.45. The second-order valence-electron chi connectivity index (χ2n) is 5.75. The molecule has 0 atom stereocenters. The fourth-order valence-electron chi connectivity index (χ4n) is 2.51. The molecular formula is C15H18N2OS. The summed E-state index contributed by atoms with van der Waals surface area (Å²) >= 11 is 1.52. The number of hydrogen-bond donors (Lipinski definition) is 2. The highest BCUT2D eigenvalue weighted by molar-refractivity contribution is 7.20. The van der Waals surface area contributed by atoms with E-state index in [2.05, 4.69) is 12.2 Å². The van der Waals surface area contributed by atoms with Crippen molar-refractivity contribution < 1.29 is 4.79 Å². The van der Waals surface area contributed by atoms with E-state index < -0.39 is 0 Å². The van der Waals surface area contributed by atoms with Gasteiger partial charge >= 0.3 is 0 Å². The Bertz CT molecular complexity index is 628. The van der Waals surface area contributed by atoms with Gasteiger partial charge in [0.1, 0.15) is 0 Å². The van der Waals surface area contributed by atoms with Crippen molar-refractivity contribution in [2.45, 2.75) is 26.2 Å². The van der Waals surface area contributed by atoms with Gasteiger partial charge in [-0.2, -0.15) is 0 Å². The fourth-order valence-corrected chi connectivity index (χ4v) is 3.47. The number of fused-ring (bicyclic) bond motifs is 1. The van der Waals surface area contributed by atoms with E-state index in [0.29, 0.717) is 5.41 Å². The standard InChI is InChI=1S/C15H18N2OS/c1-15(5-2-6-15)9-17-14(18)13-8-10-7-11(16)3-4-12(10)19-13/h3-4,7-8H,2,5-6,9,16H2,1H3,(H,17,18). The van der Waals surface area contributed by atoms with Gasteiger partial charge in [0.15, 0.2) is 0 Å². The molecule has 19 heavy (non-hydrogen) atoms. The van der Waals surface area contributed by atoms with Crippen LogP contribution in [0.1, 0.15) is 35.9 Å². The number of carbonyl (C=O) groups excluding carboxylic acids is 1. The van der Waals surface area contributed by atoms with Crippen molar-refractivity contribution in [2.75, 3.05) is 12.3 Å². The summed E-state index contributed by atoms with van der Waals surface area (Å²) in [7, 11) is 0. The van der Waals surface area contributed by atoms with Crippen LogP contribution in [0.3, 0.4) is 0 Å². The number of nitrogens with two attached hydrogens (primary N) is 1. The van der Waals surface area contributed by atoms with Crippen LogP contribution >= 0.6 is 11.3 Å². The average Bonchev–Trinajstić information content (AvgIpc) is 2.76. The predicted molar refractivity (Wildman–Crippen MR) is 80.5 cm³/mol. The van der Waals surface area contributed by atoms with Crippen LogP contribution in [0.4, 0.5) is 5.69 Å². The summed E-state index contributed by atoms with van der Waals surface area (Å²) in [5.41, 5.74) is 6.81. The van der Waals surface area contributed by atoms with Crippen LogP contribution in [-0.2, 0) is 0 Å². The zero-order valence-corrected chi connectivity index (χ0v) is 11.8. The largest absolute Gasteiger partial charge is 0.399 e. The molecular weight excluding hydrogens is 256 g/mol. The molecule has 100 valence electrons. The van der Waals surface area contributed by atoms with Crippen LogP contribution in [0.2, 0.25) is 0 Å². The van der Waals surface area contributed by atoms with E-state index in [4.69, 9.17) is 5.73 Å². The monoisotopic (exact) mass is 274 g/mol. The minimum absolute atomic E-state index is 0.0351. The van der Waals surface area contributed by atoms with E-state index in [0.717, 1.165) is 27.2 Å². The second-order valence-corrected chi connectivity index (χ2v) is 6.84. The predicted octanol–water partition coefficient (Wildman–Crippen LogP) is 3.40. The minimum Gasteiger partial charge on any atom is -0.399 e. The van der Waals surface area contributed by atoms with Gasteiger partial charge in [0.25, 0.3) is 5.91 Å². The molecule has 0 saturated heterocycles. The van der Waals surface area contributed by atoms with E-state index in [1.807, 2.05) is 24.3 Å². The molecule has 1 fully saturated rings. The molecule has 0 unspecified atom stereocenters. The Morgan fingerprint density at radius 1 is 1.42 bits per heavy atom. The Hall–Kier alpha value is -1.55. The van der Waals surface area contributed by atoms with Gasteiger partial charge in [0, 0.05) is 16.9 Å². The number of hydrogen-bond acceptors (Lipinski definition) is 3. The third kappa shape index (κ3) is 2.45. The van der Waals surface area contributed by atoms with Crippen LogP contribution in [-0.4, -0.2) is 12.5 Å². The van der Waals surface area contributed by atoms with Gasteiger partial charge in [-0.25, -0.2) is 0 Å². The smallest absolute Gasteiger partial charge is 0.261 e. The van der Waals surface area contributed by atoms with Crippen LogP contribution in [0.15, 0.2) is 24.3 Å². The maximum Gasteiger partial charge on any atom is 0.261 e. The van der Waals surface area contributed by atoms with Crippen molar-refractivity contribution in [3.63, 3.8) is 0 Å². The molecule has 1 heterocycles. The molecule has 3 N–H and O–H groups in total. The summed E-state index contributed by atoms with van der Waals surface area (Å²) in [6.07, 6.45) is 3.72. The topological polar surface area (TPSA) is 55.1 Å². The van der Waals surface area contributed by atoms with Crippen molar-refractivity contribution in [2.24, 2.45) is 5.41 Å². The molecule has 1 aliphatic rings. The summed E-state index contributed by atoms with van der Waals surface area (Å²) in [6.45, 7) is 3.02. The number of nitrogens with one attached hydrogen (secondary N) is 1. The van der Waals surface area contributed by atoms with Crippen LogP contribution in [0.25, 0.3) is 10.1 Å². The van der Waals surface area contributed by atoms with Crippen molar-refractivity contribution in [3.05, 3.63) is 29.1 Å². The summed E-state index contributed by atoms with van der Waals surface area (Å²) in [6, 6.07) is 7.68. The van der Waals surface area contributed by atoms with E-state index in [9.17, 15) is 4.79 Å². The van der Waals surface area contributed by atoms with Crippen LogP contribution < -0.4 is 11.1 Å². The molecule has 3 nitrogen and oxygen atoms in total. The van der Waals surface area contributed by atoms with Crippen molar-refractivity contribution in [3.8, 4) is 0 Å². The summed E-state index contributed by atoms with van der Waals surface area (Å²) in [5, 5.41) is 4.10. The zero-order valence-electron chi connectivity index (χ0n) is 11.0. The minimum atomic E-state index is 0.0351. The summed E-state index contributed by atoms with van der Waals surface area (Å²) < 4.78 is 1.11. The maximum absolute atomic E-state index is 12.2. The van der Waals surface area contributed by atoms with E-state index in [-0.39, 0.29) is 5.91 Å². The van der Waals surface area contributed by atoms with E-state index >= 15 is 0 Å². The third-order valence-electron chi connectivity index (χ3n) is 4.00.